The van der Waals surface area contributed by atoms with Crippen LogP contribution in [0.2, 0.25) is 0 Å². The van der Waals surface area contributed by atoms with Crippen LogP contribution in [0.15, 0.2) is 22.7 Å². The Balaban J connectivity index is 2.58. The van der Waals surface area contributed by atoms with Crippen LogP contribution in [0.5, 0.6) is 0 Å². The van der Waals surface area contributed by atoms with Gasteiger partial charge in [0.1, 0.15) is 5.82 Å². The van der Waals surface area contributed by atoms with E-state index >= 15 is 0 Å². The SMILES string of the molecule is CCCNC(CSCC(C)C)Cc1ccc(F)cc1Br. The Kier molecular flexibility index (Phi) is 8.82. The van der Waals surface area contributed by atoms with E-state index in [9.17, 15) is 4.39 Å². The zero-order valence-electron chi connectivity index (χ0n) is 12.6. The van der Waals surface area contributed by atoms with Crippen LogP contribution in [-0.4, -0.2) is 24.1 Å². The molecule has 1 aromatic carbocycles. The summed E-state index contributed by atoms with van der Waals surface area (Å²) in [5, 5.41) is 3.60. The van der Waals surface area contributed by atoms with Gasteiger partial charge in [-0.2, -0.15) is 11.8 Å². The average molecular weight is 362 g/mol. The van der Waals surface area contributed by atoms with Crippen LogP contribution >= 0.6 is 27.7 Å². The molecule has 0 saturated heterocycles. The molecule has 0 aliphatic rings. The molecule has 4 heteroatoms. The van der Waals surface area contributed by atoms with Crippen LogP contribution in [0.25, 0.3) is 0 Å². The van der Waals surface area contributed by atoms with Crippen molar-refractivity contribution >= 4 is 27.7 Å². The Morgan fingerprint density at radius 1 is 1.30 bits per heavy atom. The molecule has 1 N–H and O–H groups in total. The van der Waals surface area contributed by atoms with Gasteiger partial charge in [0, 0.05) is 16.3 Å². The van der Waals surface area contributed by atoms with E-state index in [1.165, 1.54) is 17.4 Å². The van der Waals surface area contributed by atoms with Gasteiger partial charge in [0.15, 0.2) is 0 Å². The van der Waals surface area contributed by atoms with Crippen molar-refractivity contribution in [2.24, 2.45) is 5.92 Å². The van der Waals surface area contributed by atoms with Crippen molar-refractivity contribution in [3.8, 4) is 0 Å². The predicted octanol–water partition coefficient (Wildman–Crippen LogP) is 4.89. The molecule has 1 rings (SSSR count). The first-order chi connectivity index (χ1) is 9.52. The van der Waals surface area contributed by atoms with Crippen LogP contribution in [0, 0.1) is 11.7 Å². The third-order valence-electron chi connectivity index (χ3n) is 2.93. The molecule has 0 fully saturated rings. The Bertz CT molecular complexity index is 398. The Labute approximate surface area is 135 Å². The first kappa shape index (κ1) is 18.0. The van der Waals surface area contributed by atoms with Crippen molar-refractivity contribution in [3.63, 3.8) is 0 Å². The van der Waals surface area contributed by atoms with Crippen molar-refractivity contribution in [2.75, 3.05) is 18.1 Å². The molecule has 0 aliphatic heterocycles. The highest BCUT2D eigenvalue weighted by molar-refractivity contribution is 9.10. The van der Waals surface area contributed by atoms with Crippen LogP contribution in [-0.2, 0) is 6.42 Å². The molecule has 0 amide bonds. The van der Waals surface area contributed by atoms with Gasteiger partial charge in [0.2, 0.25) is 0 Å². The van der Waals surface area contributed by atoms with Crippen molar-refractivity contribution in [3.05, 3.63) is 34.1 Å². The van der Waals surface area contributed by atoms with Gasteiger partial charge < -0.3 is 5.32 Å². The van der Waals surface area contributed by atoms with Gasteiger partial charge >= 0.3 is 0 Å². The summed E-state index contributed by atoms with van der Waals surface area (Å²) in [6.07, 6.45) is 2.07. The number of benzene rings is 1. The first-order valence-electron chi connectivity index (χ1n) is 7.28. The summed E-state index contributed by atoms with van der Waals surface area (Å²) in [5.74, 6) is 2.83. The fourth-order valence-electron chi connectivity index (χ4n) is 1.94. The second-order valence-electron chi connectivity index (χ2n) is 5.52. The lowest BCUT2D eigenvalue weighted by molar-refractivity contribution is 0.548. The fraction of sp³-hybridized carbons (Fsp3) is 0.625. The summed E-state index contributed by atoms with van der Waals surface area (Å²) in [6.45, 7) is 7.71. The lowest BCUT2D eigenvalue weighted by atomic mass is 10.1. The number of nitrogens with one attached hydrogen (secondary N) is 1. The molecular weight excluding hydrogens is 337 g/mol. The van der Waals surface area contributed by atoms with Gasteiger partial charge in [-0.05, 0) is 48.8 Å². The molecule has 0 spiro atoms. The number of hydrogen-bond acceptors (Lipinski definition) is 2. The van der Waals surface area contributed by atoms with Crippen LogP contribution in [0.3, 0.4) is 0 Å². The standard InChI is InChI=1S/C16H25BrFNS/c1-4-7-19-15(11-20-10-12(2)3)8-13-5-6-14(18)9-16(13)17/h5-6,9,12,15,19H,4,7-8,10-11H2,1-3H3. The molecule has 0 bridgehead atoms. The summed E-state index contributed by atoms with van der Waals surface area (Å²) in [6, 6.07) is 5.42. The monoisotopic (exact) mass is 361 g/mol. The van der Waals surface area contributed by atoms with E-state index in [1.54, 1.807) is 6.07 Å². The fourth-order valence-corrected chi connectivity index (χ4v) is 3.58. The molecule has 114 valence electrons. The average Bonchev–Trinajstić information content (AvgIpc) is 2.38. The van der Waals surface area contributed by atoms with Crippen molar-refractivity contribution in [1.82, 2.24) is 5.32 Å². The maximum absolute atomic E-state index is 13.1. The summed E-state index contributed by atoms with van der Waals surface area (Å²) in [4.78, 5) is 0. The first-order valence-corrected chi connectivity index (χ1v) is 9.22. The number of rotatable bonds is 9. The third-order valence-corrected chi connectivity index (χ3v) is 5.21. The van der Waals surface area contributed by atoms with E-state index in [2.05, 4.69) is 42.0 Å². The second kappa shape index (κ2) is 9.80. The minimum atomic E-state index is -0.187. The summed E-state index contributed by atoms with van der Waals surface area (Å²) >= 11 is 5.46. The second-order valence-corrected chi connectivity index (χ2v) is 7.45. The summed E-state index contributed by atoms with van der Waals surface area (Å²) < 4.78 is 14.0. The van der Waals surface area contributed by atoms with E-state index in [1.807, 2.05) is 17.8 Å². The lowest BCUT2D eigenvalue weighted by Crippen LogP contribution is -2.34. The van der Waals surface area contributed by atoms with Gasteiger partial charge in [-0.1, -0.05) is 42.8 Å². The largest absolute Gasteiger partial charge is 0.313 e. The topological polar surface area (TPSA) is 12.0 Å². The van der Waals surface area contributed by atoms with Crippen molar-refractivity contribution in [1.29, 1.82) is 0 Å². The summed E-state index contributed by atoms with van der Waals surface area (Å²) in [5.41, 5.74) is 1.17. The molecule has 1 unspecified atom stereocenters. The smallest absolute Gasteiger partial charge is 0.124 e. The predicted molar refractivity (Wildman–Crippen MR) is 92.0 cm³/mol. The zero-order chi connectivity index (χ0) is 15.0. The Hall–Kier alpha value is -0.0600. The number of hydrogen-bond donors (Lipinski definition) is 1. The minimum absolute atomic E-state index is 0.187. The molecule has 0 aliphatic carbocycles. The Morgan fingerprint density at radius 3 is 2.65 bits per heavy atom. The van der Waals surface area contributed by atoms with Crippen LogP contribution in [0.4, 0.5) is 4.39 Å². The molecule has 20 heavy (non-hydrogen) atoms. The minimum Gasteiger partial charge on any atom is -0.313 e. The highest BCUT2D eigenvalue weighted by Crippen LogP contribution is 2.21. The molecule has 1 atom stereocenters. The van der Waals surface area contributed by atoms with Crippen LogP contribution in [0.1, 0.15) is 32.8 Å². The quantitative estimate of drug-likeness (QED) is 0.671. The molecule has 1 aromatic rings. The summed E-state index contributed by atoms with van der Waals surface area (Å²) in [7, 11) is 0. The molecule has 0 saturated carbocycles. The maximum Gasteiger partial charge on any atom is 0.124 e. The van der Waals surface area contributed by atoms with Gasteiger partial charge in [-0.3, -0.25) is 0 Å². The number of halogens is 2. The normalized spacial score (nSPS) is 12.9. The van der Waals surface area contributed by atoms with Crippen molar-refractivity contribution in [2.45, 2.75) is 39.7 Å². The highest BCUT2D eigenvalue weighted by Gasteiger charge is 2.12. The molecule has 1 nitrogen and oxygen atoms in total. The zero-order valence-corrected chi connectivity index (χ0v) is 15.0. The van der Waals surface area contributed by atoms with Gasteiger partial charge in [-0.25, -0.2) is 4.39 Å². The maximum atomic E-state index is 13.1. The van der Waals surface area contributed by atoms with E-state index < -0.39 is 0 Å². The molecule has 0 aromatic heterocycles. The highest BCUT2D eigenvalue weighted by atomic mass is 79.9. The molecular formula is C16H25BrFNS. The van der Waals surface area contributed by atoms with E-state index in [4.69, 9.17) is 0 Å². The Morgan fingerprint density at radius 2 is 2.05 bits per heavy atom. The van der Waals surface area contributed by atoms with Gasteiger partial charge in [-0.15, -0.1) is 0 Å². The third kappa shape index (κ3) is 7.09. The van der Waals surface area contributed by atoms with E-state index in [-0.39, 0.29) is 5.82 Å². The van der Waals surface area contributed by atoms with E-state index in [0.717, 1.165) is 35.5 Å². The van der Waals surface area contributed by atoms with Gasteiger partial charge in [0.25, 0.3) is 0 Å². The number of thioether (sulfide) groups is 1. The van der Waals surface area contributed by atoms with Gasteiger partial charge in [0.05, 0.1) is 0 Å². The molecule has 0 radical (unpaired) electrons. The van der Waals surface area contributed by atoms with Crippen molar-refractivity contribution < 1.29 is 4.39 Å². The lowest BCUT2D eigenvalue weighted by Gasteiger charge is -2.19. The van der Waals surface area contributed by atoms with Crippen LogP contribution < -0.4 is 5.32 Å². The molecule has 0 heterocycles. The van der Waals surface area contributed by atoms with E-state index in [0.29, 0.717) is 6.04 Å².